The van der Waals surface area contributed by atoms with E-state index in [0.29, 0.717) is 17.2 Å². The third kappa shape index (κ3) is 3.76. The van der Waals surface area contributed by atoms with E-state index in [1.165, 1.54) is 12.8 Å². The number of Topliss-reactive ketones (excluding diaryl/α,β-unsaturated/α-hetero) is 1. The van der Waals surface area contributed by atoms with Crippen LogP contribution in [-0.2, 0) is 4.79 Å². The first-order chi connectivity index (χ1) is 8.16. The number of alkyl halides is 1. The maximum Gasteiger partial charge on any atom is 0.149 e. The molecule has 3 nitrogen and oxygen atoms in total. The number of likely N-dealkylation sites (tertiary alicyclic amines) is 1. The minimum Gasteiger partial charge on any atom is -0.316 e. The van der Waals surface area contributed by atoms with Crippen molar-refractivity contribution in [3.05, 3.63) is 0 Å². The summed E-state index contributed by atoms with van der Waals surface area (Å²) in [6.07, 6.45) is 7.94. The first-order valence-electron chi connectivity index (χ1n) is 6.83. The number of halogens is 1. The molecule has 0 aromatic rings. The monoisotopic (exact) mass is 302 g/mol. The number of nitrogens with two attached hydrogens (primary N) is 1. The predicted octanol–water partition coefficient (Wildman–Crippen LogP) is 2.28. The fraction of sp³-hybridized carbons (Fsp3) is 0.923. The first kappa shape index (κ1) is 13.5. The SMILES string of the molecule is NC1CCCCN1CC(=O)C1CCC(Br)CC1. The van der Waals surface area contributed by atoms with Crippen LogP contribution in [0.5, 0.6) is 0 Å². The zero-order chi connectivity index (χ0) is 12.3. The van der Waals surface area contributed by atoms with Crippen molar-refractivity contribution in [1.29, 1.82) is 0 Å². The van der Waals surface area contributed by atoms with Crippen molar-refractivity contribution in [2.24, 2.45) is 11.7 Å². The van der Waals surface area contributed by atoms with E-state index in [2.05, 4.69) is 20.8 Å². The van der Waals surface area contributed by atoms with Crippen LogP contribution in [-0.4, -0.2) is 34.8 Å². The van der Waals surface area contributed by atoms with Crippen molar-refractivity contribution in [1.82, 2.24) is 4.90 Å². The van der Waals surface area contributed by atoms with E-state index in [0.717, 1.165) is 38.6 Å². The molecule has 98 valence electrons. The number of rotatable bonds is 3. The molecule has 1 unspecified atom stereocenters. The van der Waals surface area contributed by atoms with Gasteiger partial charge < -0.3 is 5.73 Å². The summed E-state index contributed by atoms with van der Waals surface area (Å²) in [7, 11) is 0. The van der Waals surface area contributed by atoms with Gasteiger partial charge in [-0.25, -0.2) is 0 Å². The van der Waals surface area contributed by atoms with Crippen LogP contribution in [0.15, 0.2) is 0 Å². The molecule has 2 N–H and O–H groups in total. The molecule has 0 bridgehead atoms. The summed E-state index contributed by atoms with van der Waals surface area (Å²) >= 11 is 3.63. The second-order valence-corrected chi connectivity index (χ2v) is 6.74. The van der Waals surface area contributed by atoms with Gasteiger partial charge in [0.15, 0.2) is 0 Å². The highest BCUT2D eigenvalue weighted by atomic mass is 79.9. The quantitative estimate of drug-likeness (QED) is 0.814. The maximum atomic E-state index is 12.2. The van der Waals surface area contributed by atoms with Crippen LogP contribution in [0.25, 0.3) is 0 Å². The average Bonchev–Trinajstić information content (AvgIpc) is 2.33. The number of carbonyl (C=O) groups excluding carboxylic acids is 1. The molecule has 1 saturated carbocycles. The molecule has 0 radical (unpaired) electrons. The number of carbonyl (C=O) groups is 1. The topological polar surface area (TPSA) is 46.3 Å². The van der Waals surface area contributed by atoms with E-state index in [-0.39, 0.29) is 12.1 Å². The van der Waals surface area contributed by atoms with Gasteiger partial charge in [-0.3, -0.25) is 9.69 Å². The maximum absolute atomic E-state index is 12.2. The summed E-state index contributed by atoms with van der Waals surface area (Å²) in [4.78, 5) is 15.0. The second-order valence-electron chi connectivity index (χ2n) is 5.45. The third-order valence-electron chi connectivity index (χ3n) is 4.14. The van der Waals surface area contributed by atoms with Crippen molar-refractivity contribution in [3.63, 3.8) is 0 Å². The molecule has 1 saturated heterocycles. The van der Waals surface area contributed by atoms with Gasteiger partial charge in [0, 0.05) is 17.3 Å². The summed E-state index contributed by atoms with van der Waals surface area (Å²) in [6, 6.07) is 0. The summed E-state index contributed by atoms with van der Waals surface area (Å²) in [5.74, 6) is 0.708. The van der Waals surface area contributed by atoms with Gasteiger partial charge in [0.05, 0.1) is 12.7 Å². The molecule has 1 aliphatic heterocycles. The highest BCUT2D eigenvalue weighted by molar-refractivity contribution is 9.09. The Morgan fingerprint density at radius 1 is 1.18 bits per heavy atom. The molecule has 4 heteroatoms. The van der Waals surface area contributed by atoms with E-state index in [4.69, 9.17) is 5.73 Å². The summed E-state index contributed by atoms with van der Waals surface area (Å²) in [5.41, 5.74) is 6.05. The summed E-state index contributed by atoms with van der Waals surface area (Å²) < 4.78 is 0. The zero-order valence-electron chi connectivity index (χ0n) is 10.4. The van der Waals surface area contributed by atoms with Crippen LogP contribution in [0.2, 0.25) is 0 Å². The van der Waals surface area contributed by atoms with Crippen LogP contribution in [0.1, 0.15) is 44.9 Å². The highest BCUT2D eigenvalue weighted by Crippen LogP contribution is 2.29. The number of piperidine rings is 1. The second kappa shape index (κ2) is 6.30. The fourth-order valence-corrected chi connectivity index (χ4v) is 3.45. The molecular weight excluding hydrogens is 280 g/mol. The number of nitrogens with zero attached hydrogens (tertiary/aromatic N) is 1. The molecule has 1 aliphatic carbocycles. The van der Waals surface area contributed by atoms with Gasteiger partial charge >= 0.3 is 0 Å². The fourth-order valence-electron chi connectivity index (χ4n) is 2.92. The van der Waals surface area contributed by atoms with Gasteiger partial charge in [-0.2, -0.15) is 0 Å². The van der Waals surface area contributed by atoms with Gasteiger partial charge in [0.2, 0.25) is 0 Å². The molecule has 2 aliphatic rings. The molecule has 2 rings (SSSR count). The molecule has 0 spiro atoms. The van der Waals surface area contributed by atoms with E-state index in [9.17, 15) is 4.79 Å². The van der Waals surface area contributed by atoms with E-state index >= 15 is 0 Å². The Morgan fingerprint density at radius 2 is 1.88 bits per heavy atom. The van der Waals surface area contributed by atoms with Crippen LogP contribution in [0, 0.1) is 5.92 Å². The van der Waals surface area contributed by atoms with Gasteiger partial charge in [0.1, 0.15) is 5.78 Å². The average molecular weight is 303 g/mol. The Hall–Kier alpha value is 0.0700. The standard InChI is InChI=1S/C13H23BrN2O/c14-11-6-4-10(5-7-11)12(17)9-16-8-2-1-3-13(16)15/h10-11,13H,1-9,15H2. The molecule has 17 heavy (non-hydrogen) atoms. The van der Waals surface area contributed by atoms with Crippen molar-refractivity contribution < 1.29 is 4.79 Å². The van der Waals surface area contributed by atoms with Crippen molar-refractivity contribution in [3.8, 4) is 0 Å². The Bertz CT molecular complexity index is 264. The minimum atomic E-state index is 0.111. The lowest BCUT2D eigenvalue weighted by Crippen LogP contribution is -2.48. The van der Waals surface area contributed by atoms with E-state index < -0.39 is 0 Å². The van der Waals surface area contributed by atoms with E-state index in [1.54, 1.807) is 0 Å². The Labute approximate surface area is 112 Å². The minimum absolute atomic E-state index is 0.111. The van der Waals surface area contributed by atoms with Gasteiger partial charge in [0.25, 0.3) is 0 Å². The highest BCUT2D eigenvalue weighted by Gasteiger charge is 2.28. The van der Waals surface area contributed by atoms with Gasteiger partial charge in [-0.15, -0.1) is 0 Å². The lowest BCUT2D eigenvalue weighted by atomic mass is 9.86. The lowest BCUT2D eigenvalue weighted by molar-refractivity contribution is -0.125. The van der Waals surface area contributed by atoms with Crippen molar-refractivity contribution >= 4 is 21.7 Å². The molecule has 0 amide bonds. The van der Waals surface area contributed by atoms with Gasteiger partial charge in [-0.05, 0) is 44.9 Å². The predicted molar refractivity (Wildman–Crippen MR) is 73.1 cm³/mol. The number of hydrogen-bond acceptors (Lipinski definition) is 3. The summed E-state index contributed by atoms with van der Waals surface area (Å²) in [5, 5.41) is 0. The zero-order valence-corrected chi connectivity index (χ0v) is 12.0. The van der Waals surface area contributed by atoms with Crippen molar-refractivity contribution in [2.75, 3.05) is 13.1 Å². The van der Waals surface area contributed by atoms with Crippen LogP contribution in [0.4, 0.5) is 0 Å². The number of ketones is 1. The summed E-state index contributed by atoms with van der Waals surface area (Å²) in [6.45, 7) is 1.58. The third-order valence-corrected chi connectivity index (χ3v) is 5.05. The molecule has 1 heterocycles. The smallest absolute Gasteiger partial charge is 0.149 e. The Morgan fingerprint density at radius 3 is 2.53 bits per heavy atom. The van der Waals surface area contributed by atoms with Crippen molar-refractivity contribution in [2.45, 2.75) is 55.9 Å². The van der Waals surface area contributed by atoms with Crippen LogP contribution in [0.3, 0.4) is 0 Å². The molecule has 1 atom stereocenters. The normalized spacial score (nSPS) is 35.8. The lowest BCUT2D eigenvalue weighted by Gasteiger charge is -2.34. The number of hydrogen-bond donors (Lipinski definition) is 1. The van der Waals surface area contributed by atoms with E-state index in [1.807, 2.05) is 0 Å². The largest absolute Gasteiger partial charge is 0.316 e. The Kier molecular flexibility index (Phi) is 5.00. The van der Waals surface area contributed by atoms with Crippen LogP contribution < -0.4 is 5.73 Å². The molecule has 0 aromatic heterocycles. The first-order valence-corrected chi connectivity index (χ1v) is 7.75. The molecular formula is C13H23BrN2O. The van der Waals surface area contributed by atoms with Crippen LogP contribution >= 0.6 is 15.9 Å². The van der Waals surface area contributed by atoms with Gasteiger partial charge in [-0.1, -0.05) is 15.9 Å². The molecule has 2 fully saturated rings. The molecule has 0 aromatic carbocycles. The Balaban J connectivity index is 1.79.